The summed E-state index contributed by atoms with van der Waals surface area (Å²) in [5, 5.41) is 11.3. The SMILES string of the molecule is CNC(=O)c1nc(Nc2ccc(NC(=O)Nc3cccc(C(F)(F)F)c3)cc2)c2ccccc2n1. The van der Waals surface area contributed by atoms with Crippen LogP contribution in [-0.2, 0) is 6.18 Å². The standard InChI is InChI=1S/C24H19F3N6O2/c1-28-22(34)21-32-19-8-3-2-7-18(19)20(33-21)29-15-9-11-16(12-10-15)30-23(35)31-17-6-4-5-14(13-17)24(25,26)27/h2-13H,1H3,(H,28,34)(H,29,32,33)(H2,30,31,35). The van der Waals surface area contributed by atoms with Gasteiger partial charge in [-0.25, -0.2) is 14.8 Å². The number of anilines is 4. The topological polar surface area (TPSA) is 108 Å². The molecule has 0 atom stereocenters. The lowest BCUT2D eigenvalue weighted by Crippen LogP contribution is -2.21. The summed E-state index contributed by atoms with van der Waals surface area (Å²) in [6.07, 6.45) is -4.51. The van der Waals surface area contributed by atoms with Gasteiger partial charge >= 0.3 is 12.2 Å². The molecule has 1 heterocycles. The molecule has 0 unspecified atom stereocenters. The molecule has 0 saturated carbocycles. The van der Waals surface area contributed by atoms with Gasteiger partial charge in [-0.15, -0.1) is 0 Å². The monoisotopic (exact) mass is 480 g/mol. The minimum atomic E-state index is -4.51. The number of fused-ring (bicyclic) bond motifs is 1. The van der Waals surface area contributed by atoms with E-state index in [0.717, 1.165) is 12.1 Å². The number of halogens is 3. The molecule has 4 N–H and O–H groups in total. The highest BCUT2D eigenvalue weighted by Gasteiger charge is 2.30. The van der Waals surface area contributed by atoms with Crippen molar-refractivity contribution in [1.29, 1.82) is 0 Å². The van der Waals surface area contributed by atoms with Crippen LogP contribution >= 0.6 is 0 Å². The number of amides is 3. The van der Waals surface area contributed by atoms with Crippen LogP contribution in [0.25, 0.3) is 10.9 Å². The lowest BCUT2D eigenvalue weighted by Gasteiger charge is -2.12. The van der Waals surface area contributed by atoms with Gasteiger partial charge in [-0.1, -0.05) is 18.2 Å². The summed E-state index contributed by atoms with van der Waals surface area (Å²) in [6, 6.07) is 17.4. The van der Waals surface area contributed by atoms with Crippen LogP contribution in [0.15, 0.2) is 72.8 Å². The Bertz CT molecular complexity index is 1390. The third-order valence-electron chi connectivity index (χ3n) is 4.89. The lowest BCUT2D eigenvalue weighted by molar-refractivity contribution is -0.137. The summed E-state index contributed by atoms with van der Waals surface area (Å²) in [6.45, 7) is 0. The largest absolute Gasteiger partial charge is 0.416 e. The van der Waals surface area contributed by atoms with E-state index in [-0.39, 0.29) is 11.5 Å². The predicted molar refractivity (Wildman–Crippen MR) is 127 cm³/mol. The molecule has 1 aromatic heterocycles. The van der Waals surface area contributed by atoms with Gasteiger partial charge in [0.1, 0.15) is 5.82 Å². The number of rotatable bonds is 5. The van der Waals surface area contributed by atoms with Crippen molar-refractivity contribution in [2.24, 2.45) is 0 Å². The van der Waals surface area contributed by atoms with Gasteiger partial charge in [0.05, 0.1) is 11.1 Å². The molecule has 8 nitrogen and oxygen atoms in total. The summed E-state index contributed by atoms with van der Waals surface area (Å²) in [5.74, 6) is 0.0144. The fourth-order valence-electron chi connectivity index (χ4n) is 3.23. The smallest absolute Gasteiger partial charge is 0.352 e. The number of alkyl halides is 3. The Balaban J connectivity index is 1.47. The zero-order valence-electron chi connectivity index (χ0n) is 18.3. The van der Waals surface area contributed by atoms with E-state index in [0.29, 0.717) is 28.1 Å². The third-order valence-corrected chi connectivity index (χ3v) is 4.89. The van der Waals surface area contributed by atoms with Gasteiger partial charge in [0.25, 0.3) is 5.91 Å². The molecule has 35 heavy (non-hydrogen) atoms. The van der Waals surface area contributed by atoms with E-state index < -0.39 is 23.7 Å². The molecule has 0 aliphatic rings. The molecule has 0 bridgehead atoms. The molecular weight excluding hydrogens is 461 g/mol. The van der Waals surface area contributed by atoms with Crippen LogP contribution in [0, 0.1) is 0 Å². The Kier molecular flexibility index (Phi) is 6.49. The number of nitrogens with zero attached hydrogens (tertiary/aromatic N) is 2. The number of hydrogen-bond acceptors (Lipinski definition) is 5. The first-order valence-electron chi connectivity index (χ1n) is 10.3. The molecule has 0 spiro atoms. The summed E-state index contributed by atoms with van der Waals surface area (Å²) in [5.41, 5.74) is 0.785. The highest BCUT2D eigenvalue weighted by atomic mass is 19.4. The molecule has 4 aromatic rings. The fourth-order valence-corrected chi connectivity index (χ4v) is 3.23. The molecule has 0 aliphatic heterocycles. The normalized spacial score (nSPS) is 11.1. The van der Waals surface area contributed by atoms with E-state index in [1.807, 2.05) is 12.1 Å². The Hall–Kier alpha value is -4.67. The van der Waals surface area contributed by atoms with E-state index in [9.17, 15) is 22.8 Å². The van der Waals surface area contributed by atoms with Crippen molar-refractivity contribution in [3.05, 3.63) is 84.2 Å². The zero-order valence-corrected chi connectivity index (χ0v) is 18.3. The number of benzene rings is 3. The first kappa shape index (κ1) is 23.5. The van der Waals surface area contributed by atoms with Crippen molar-refractivity contribution < 1.29 is 22.8 Å². The minimum absolute atomic E-state index is 0.0122. The van der Waals surface area contributed by atoms with E-state index in [4.69, 9.17) is 0 Å². The third kappa shape index (κ3) is 5.64. The minimum Gasteiger partial charge on any atom is -0.352 e. The van der Waals surface area contributed by atoms with Crippen molar-refractivity contribution in [3.8, 4) is 0 Å². The Morgan fingerprint density at radius 1 is 0.800 bits per heavy atom. The second-order valence-electron chi connectivity index (χ2n) is 7.35. The predicted octanol–water partition coefficient (Wildman–Crippen LogP) is 5.40. The first-order chi connectivity index (χ1) is 16.7. The number of hydrogen-bond donors (Lipinski definition) is 4. The van der Waals surface area contributed by atoms with Gasteiger partial charge in [-0.3, -0.25) is 4.79 Å². The summed E-state index contributed by atoms with van der Waals surface area (Å²) in [7, 11) is 1.49. The highest BCUT2D eigenvalue weighted by molar-refractivity contribution is 6.00. The molecule has 4 rings (SSSR count). The average molecular weight is 480 g/mol. The van der Waals surface area contributed by atoms with Gasteiger partial charge < -0.3 is 21.3 Å². The summed E-state index contributed by atoms with van der Waals surface area (Å²) in [4.78, 5) is 32.8. The van der Waals surface area contributed by atoms with Crippen LogP contribution < -0.4 is 21.3 Å². The number of nitrogens with one attached hydrogen (secondary N) is 4. The molecule has 0 aliphatic carbocycles. The van der Waals surface area contributed by atoms with Crippen molar-refractivity contribution in [2.45, 2.75) is 6.18 Å². The van der Waals surface area contributed by atoms with Crippen LogP contribution in [0.1, 0.15) is 16.2 Å². The number of aromatic nitrogens is 2. The quantitative estimate of drug-likeness (QED) is 0.306. The molecule has 0 fully saturated rings. The summed E-state index contributed by atoms with van der Waals surface area (Å²) < 4.78 is 38.6. The van der Waals surface area contributed by atoms with Crippen LogP contribution in [0.4, 0.5) is 40.8 Å². The van der Waals surface area contributed by atoms with Crippen LogP contribution in [0.2, 0.25) is 0 Å². The Morgan fingerprint density at radius 3 is 2.20 bits per heavy atom. The van der Waals surface area contributed by atoms with Crippen LogP contribution in [0.3, 0.4) is 0 Å². The molecule has 0 radical (unpaired) electrons. The molecule has 3 amide bonds. The van der Waals surface area contributed by atoms with Gasteiger partial charge in [0, 0.05) is 29.5 Å². The maximum Gasteiger partial charge on any atom is 0.416 e. The molecule has 3 aromatic carbocycles. The Morgan fingerprint density at radius 2 is 1.49 bits per heavy atom. The van der Waals surface area contributed by atoms with E-state index in [2.05, 4.69) is 31.2 Å². The van der Waals surface area contributed by atoms with Gasteiger partial charge in [-0.2, -0.15) is 13.2 Å². The number of carbonyl (C=O) groups excluding carboxylic acids is 2. The lowest BCUT2D eigenvalue weighted by atomic mass is 10.2. The maximum absolute atomic E-state index is 12.9. The second-order valence-corrected chi connectivity index (χ2v) is 7.35. The van der Waals surface area contributed by atoms with Gasteiger partial charge in [-0.05, 0) is 54.6 Å². The van der Waals surface area contributed by atoms with Crippen LogP contribution in [-0.4, -0.2) is 29.0 Å². The number of para-hydroxylation sites is 1. The zero-order chi connectivity index (χ0) is 25.0. The van der Waals surface area contributed by atoms with Crippen molar-refractivity contribution in [1.82, 2.24) is 15.3 Å². The highest BCUT2D eigenvalue weighted by Crippen LogP contribution is 2.30. The maximum atomic E-state index is 12.9. The molecular formula is C24H19F3N6O2. The summed E-state index contributed by atoms with van der Waals surface area (Å²) >= 11 is 0. The van der Waals surface area contributed by atoms with Crippen molar-refractivity contribution in [3.63, 3.8) is 0 Å². The van der Waals surface area contributed by atoms with E-state index >= 15 is 0 Å². The van der Waals surface area contributed by atoms with Crippen LogP contribution in [0.5, 0.6) is 0 Å². The average Bonchev–Trinajstić information content (AvgIpc) is 2.84. The second kappa shape index (κ2) is 9.67. The van der Waals surface area contributed by atoms with Crippen molar-refractivity contribution >= 4 is 45.7 Å². The first-order valence-corrected chi connectivity index (χ1v) is 10.3. The van der Waals surface area contributed by atoms with E-state index in [1.165, 1.54) is 19.2 Å². The van der Waals surface area contributed by atoms with E-state index in [1.54, 1.807) is 36.4 Å². The van der Waals surface area contributed by atoms with Crippen molar-refractivity contribution in [2.75, 3.05) is 23.0 Å². The van der Waals surface area contributed by atoms with Gasteiger partial charge in [0.15, 0.2) is 0 Å². The number of carbonyl (C=O) groups is 2. The molecule has 0 saturated heterocycles. The fraction of sp³-hybridized carbons (Fsp3) is 0.0833. The molecule has 11 heteroatoms. The van der Waals surface area contributed by atoms with Gasteiger partial charge in [0.2, 0.25) is 5.82 Å². The number of urea groups is 1. The molecule has 178 valence electrons. The Labute approximate surface area is 197 Å².